The second kappa shape index (κ2) is 7.44. The molecule has 5 nitrogen and oxygen atoms in total. The molecule has 3 N–H and O–H groups in total. The molecule has 1 unspecified atom stereocenters. The maximum atomic E-state index is 12.4. The Morgan fingerprint density at radius 2 is 1.23 bits per heavy atom. The van der Waals surface area contributed by atoms with Crippen LogP contribution in [0.2, 0.25) is 0 Å². The smallest absolute Gasteiger partial charge is 0.237 e. The van der Waals surface area contributed by atoms with E-state index in [1.54, 1.807) is 0 Å². The van der Waals surface area contributed by atoms with Crippen LogP contribution in [0.15, 0.2) is 0 Å². The van der Waals surface area contributed by atoms with E-state index in [2.05, 4.69) is 16.0 Å². The van der Waals surface area contributed by atoms with Crippen molar-refractivity contribution >= 4 is 11.8 Å². The van der Waals surface area contributed by atoms with Gasteiger partial charge in [0.05, 0.1) is 6.04 Å². The highest BCUT2D eigenvalue weighted by Gasteiger charge is 2.27. The van der Waals surface area contributed by atoms with Gasteiger partial charge in [-0.3, -0.25) is 9.59 Å². The average Bonchev–Trinajstić information content (AvgIpc) is 2.17. The molecule has 0 spiro atoms. The molecule has 0 heterocycles. The lowest BCUT2D eigenvalue weighted by Crippen LogP contribution is -2.55. The van der Waals surface area contributed by atoms with Crippen molar-refractivity contribution in [3.63, 3.8) is 0 Å². The van der Waals surface area contributed by atoms with E-state index in [0.717, 1.165) is 0 Å². The number of hydrogen-bond donors (Lipinski definition) is 3. The summed E-state index contributed by atoms with van der Waals surface area (Å²) in [6.45, 7) is 17.7. The van der Waals surface area contributed by atoms with Gasteiger partial charge in [-0.1, -0.05) is 0 Å². The molecule has 0 radical (unpaired) electrons. The largest absolute Gasteiger partial charge is 0.352 e. The van der Waals surface area contributed by atoms with Gasteiger partial charge in [-0.2, -0.15) is 0 Å². The summed E-state index contributed by atoms with van der Waals surface area (Å²) in [5, 5.41) is 9.21. The van der Waals surface area contributed by atoms with Crippen molar-refractivity contribution < 1.29 is 9.59 Å². The second-order valence-electron chi connectivity index (χ2n) is 9.02. The van der Waals surface area contributed by atoms with E-state index in [9.17, 15) is 9.59 Å². The molecular formula is C17H35N3O2. The molecule has 0 aromatic heterocycles. The summed E-state index contributed by atoms with van der Waals surface area (Å²) in [5.41, 5.74) is -0.735. The van der Waals surface area contributed by atoms with E-state index in [0.29, 0.717) is 12.8 Å². The van der Waals surface area contributed by atoms with Crippen LogP contribution in [0.1, 0.15) is 75.2 Å². The Morgan fingerprint density at radius 1 is 0.773 bits per heavy atom. The predicted molar refractivity (Wildman–Crippen MR) is 91.7 cm³/mol. The van der Waals surface area contributed by atoms with Crippen LogP contribution in [0.4, 0.5) is 0 Å². The predicted octanol–water partition coefficient (Wildman–Crippen LogP) is 2.35. The fraction of sp³-hybridized carbons (Fsp3) is 0.882. The van der Waals surface area contributed by atoms with Crippen molar-refractivity contribution in [1.29, 1.82) is 0 Å². The first-order chi connectivity index (χ1) is 9.59. The number of rotatable bonds is 5. The molecule has 130 valence electrons. The third-order valence-corrected chi connectivity index (χ3v) is 2.60. The summed E-state index contributed by atoms with van der Waals surface area (Å²) in [4.78, 5) is 24.4. The molecule has 5 heteroatoms. The van der Waals surface area contributed by atoms with E-state index < -0.39 is 0 Å². The molecule has 2 amide bonds. The van der Waals surface area contributed by atoms with E-state index in [4.69, 9.17) is 0 Å². The molecule has 0 bridgehead atoms. The van der Waals surface area contributed by atoms with E-state index in [-0.39, 0.29) is 34.5 Å². The molecule has 0 rings (SSSR count). The van der Waals surface area contributed by atoms with E-state index in [1.165, 1.54) is 0 Å². The zero-order valence-electron chi connectivity index (χ0n) is 15.8. The molecule has 0 aromatic carbocycles. The van der Waals surface area contributed by atoms with Crippen LogP contribution in [0.25, 0.3) is 0 Å². The van der Waals surface area contributed by atoms with Gasteiger partial charge in [0.2, 0.25) is 11.8 Å². The van der Waals surface area contributed by atoms with Crippen LogP contribution in [-0.2, 0) is 9.59 Å². The van der Waals surface area contributed by atoms with Crippen molar-refractivity contribution in [3.8, 4) is 0 Å². The number of carbonyl (C=O) groups excluding carboxylic acids is 2. The molecule has 0 fully saturated rings. The van der Waals surface area contributed by atoms with Crippen LogP contribution >= 0.6 is 0 Å². The molecule has 22 heavy (non-hydrogen) atoms. The van der Waals surface area contributed by atoms with Crippen LogP contribution in [0.5, 0.6) is 0 Å². The van der Waals surface area contributed by atoms with Gasteiger partial charge in [0.1, 0.15) is 0 Å². The van der Waals surface area contributed by atoms with E-state index in [1.807, 2.05) is 62.3 Å². The molecular weight excluding hydrogens is 278 g/mol. The summed E-state index contributed by atoms with van der Waals surface area (Å²) in [6.07, 6.45) is 0.795. The summed E-state index contributed by atoms with van der Waals surface area (Å²) >= 11 is 0. The minimum Gasteiger partial charge on any atom is -0.352 e. The van der Waals surface area contributed by atoms with Gasteiger partial charge in [0.15, 0.2) is 0 Å². The fourth-order valence-electron chi connectivity index (χ4n) is 2.00. The van der Waals surface area contributed by atoms with Crippen molar-refractivity contribution in [1.82, 2.24) is 16.0 Å². The van der Waals surface area contributed by atoms with Crippen molar-refractivity contribution in [2.75, 3.05) is 0 Å². The molecule has 0 aromatic rings. The molecule has 0 saturated carbocycles. The molecule has 0 aliphatic carbocycles. The Kier molecular flexibility index (Phi) is 7.07. The van der Waals surface area contributed by atoms with Crippen molar-refractivity contribution in [2.24, 2.45) is 0 Å². The van der Waals surface area contributed by atoms with Gasteiger partial charge in [-0.25, -0.2) is 0 Å². The number of amides is 2. The Bertz CT molecular complexity index is 384. The van der Waals surface area contributed by atoms with Crippen LogP contribution in [0.3, 0.4) is 0 Å². The average molecular weight is 313 g/mol. The van der Waals surface area contributed by atoms with E-state index >= 15 is 0 Å². The monoisotopic (exact) mass is 313 g/mol. The zero-order valence-corrected chi connectivity index (χ0v) is 15.8. The Hall–Kier alpha value is -1.10. The quantitative estimate of drug-likeness (QED) is 0.729. The standard InChI is InChI=1S/C17H35N3O2/c1-15(2,3)18-12(14(22)20-17(7,8)9)10-11-13(21)19-16(4,5)6/h12,18H,10-11H2,1-9H3,(H,19,21)(H,20,22). The minimum absolute atomic E-state index is 0.0308. The maximum Gasteiger partial charge on any atom is 0.237 e. The SMILES string of the molecule is CC(C)(C)NC(=O)CCC(NC(C)(C)C)C(=O)NC(C)(C)C. The van der Waals surface area contributed by atoms with Crippen molar-refractivity contribution in [2.45, 2.75) is 97.8 Å². The summed E-state index contributed by atoms with van der Waals surface area (Å²) in [7, 11) is 0. The van der Waals surface area contributed by atoms with Gasteiger partial charge in [0.25, 0.3) is 0 Å². The summed E-state index contributed by atoms with van der Waals surface area (Å²) in [5.74, 6) is -0.0947. The molecule has 0 saturated heterocycles. The lowest BCUT2D eigenvalue weighted by atomic mass is 10.0. The molecule has 0 aliphatic rings. The van der Waals surface area contributed by atoms with Crippen LogP contribution in [0, 0.1) is 0 Å². The van der Waals surface area contributed by atoms with Gasteiger partial charge < -0.3 is 16.0 Å². The number of carbonyl (C=O) groups is 2. The summed E-state index contributed by atoms with van der Waals surface area (Å²) in [6, 6.07) is -0.384. The van der Waals surface area contributed by atoms with Crippen LogP contribution in [-0.4, -0.2) is 34.5 Å². The normalized spacial score (nSPS) is 14.4. The van der Waals surface area contributed by atoms with Gasteiger partial charge in [0, 0.05) is 23.0 Å². The van der Waals surface area contributed by atoms with Crippen molar-refractivity contribution in [3.05, 3.63) is 0 Å². The fourth-order valence-corrected chi connectivity index (χ4v) is 2.00. The molecule has 1 atom stereocenters. The Labute approximate surface area is 136 Å². The highest BCUT2D eigenvalue weighted by Crippen LogP contribution is 2.09. The zero-order chi connectivity index (χ0) is 17.8. The Balaban J connectivity index is 4.75. The topological polar surface area (TPSA) is 70.2 Å². The first kappa shape index (κ1) is 20.9. The maximum absolute atomic E-state index is 12.4. The highest BCUT2D eigenvalue weighted by molar-refractivity contribution is 5.84. The third kappa shape index (κ3) is 11.5. The second-order valence-corrected chi connectivity index (χ2v) is 9.02. The Morgan fingerprint density at radius 3 is 1.59 bits per heavy atom. The lowest BCUT2D eigenvalue weighted by molar-refractivity contribution is -0.126. The first-order valence-electron chi connectivity index (χ1n) is 8.00. The number of hydrogen-bond acceptors (Lipinski definition) is 3. The van der Waals surface area contributed by atoms with Gasteiger partial charge in [-0.05, 0) is 68.7 Å². The number of nitrogens with one attached hydrogen (secondary N) is 3. The van der Waals surface area contributed by atoms with Gasteiger partial charge >= 0.3 is 0 Å². The molecule has 0 aliphatic heterocycles. The lowest BCUT2D eigenvalue weighted by Gasteiger charge is -2.31. The van der Waals surface area contributed by atoms with Gasteiger partial charge in [-0.15, -0.1) is 0 Å². The summed E-state index contributed by atoms with van der Waals surface area (Å²) < 4.78 is 0. The van der Waals surface area contributed by atoms with Crippen LogP contribution < -0.4 is 16.0 Å². The highest BCUT2D eigenvalue weighted by atomic mass is 16.2. The first-order valence-corrected chi connectivity index (χ1v) is 8.00. The minimum atomic E-state index is -0.384. The third-order valence-electron chi connectivity index (χ3n) is 2.60.